The number of halogens is 2. The number of phenolic OH excluding ortho intramolecular Hbond substituents is 1. The molecule has 0 aromatic heterocycles. The van der Waals surface area contributed by atoms with E-state index in [0.717, 1.165) is 4.90 Å². The fourth-order valence-electron chi connectivity index (χ4n) is 1.18. The van der Waals surface area contributed by atoms with Crippen molar-refractivity contribution in [3.8, 4) is 5.75 Å². The maximum atomic E-state index is 11.4. The average molecular weight is 293 g/mol. The van der Waals surface area contributed by atoms with Gasteiger partial charge in [0.1, 0.15) is 5.78 Å². The van der Waals surface area contributed by atoms with Crippen LogP contribution in [0.4, 0.5) is 0 Å². The number of phenols is 1. The summed E-state index contributed by atoms with van der Waals surface area (Å²) < 4.78 is 0. The minimum absolute atomic E-state index is 0.0718. The molecule has 1 aromatic carbocycles. The van der Waals surface area contributed by atoms with Gasteiger partial charge in [-0.25, -0.2) is 0 Å². The van der Waals surface area contributed by atoms with Gasteiger partial charge in [-0.1, -0.05) is 37.0 Å². The topological polar surface area (TPSA) is 37.3 Å². The Balaban J connectivity index is 2.56. The largest absolute Gasteiger partial charge is 0.505 e. The number of rotatable bonds is 5. The Kier molecular flexibility index (Phi) is 5.63. The first kappa shape index (κ1) is 14.7. The van der Waals surface area contributed by atoms with Crippen LogP contribution < -0.4 is 0 Å². The van der Waals surface area contributed by atoms with E-state index in [1.165, 1.54) is 11.8 Å². The van der Waals surface area contributed by atoms with Crippen molar-refractivity contribution in [3.63, 3.8) is 0 Å². The van der Waals surface area contributed by atoms with Crippen molar-refractivity contribution < 1.29 is 9.90 Å². The fourth-order valence-corrected chi connectivity index (χ4v) is 2.74. The zero-order valence-electron chi connectivity index (χ0n) is 9.67. The number of carbonyl (C=O) groups excluding carboxylic acids is 1. The molecule has 0 aliphatic rings. The highest BCUT2D eigenvalue weighted by atomic mass is 35.5. The third kappa shape index (κ3) is 4.41. The Hall–Kier alpha value is -0.380. The molecule has 0 atom stereocenters. The molecule has 0 saturated heterocycles. The minimum Gasteiger partial charge on any atom is -0.505 e. The standard InChI is InChI=1S/C12H14Cl2O2S/c1-7(2)11(15)3-4-17-8-5-9(13)12(16)10(14)6-8/h5-7,16H,3-4H2,1-2H3. The second-order valence-electron chi connectivity index (χ2n) is 3.96. The van der Waals surface area contributed by atoms with E-state index >= 15 is 0 Å². The van der Waals surface area contributed by atoms with E-state index in [1.54, 1.807) is 12.1 Å². The average Bonchev–Trinajstić information content (AvgIpc) is 2.25. The second kappa shape index (κ2) is 6.53. The summed E-state index contributed by atoms with van der Waals surface area (Å²) in [5, 5.41) is 9.85. The summed E-state index contributed by atoms with van der Waals surface area (Å²) in [6.07, 6.45) is 0.526. The third-order valence-electron chi connectivity index (χ3n) is 2.25. The van der Waals surface area contributed by atoms with Crippen LogP contribution >= 0.6 is 35.0 Å². The van der Waals surface area contributed by atoms with Crippen molar-refractivity contribution in [2.24, 2.45) is 5.92 Å². The highest BCUT2D eigenvalue weighted by Crippen LogP contribution is 2.36. The number of ketones is 1. The Morgan fingerprint density at radius 2 is 1.88 bits per heavy atom. The Morgan fingerprint density at radius 1 is 1.35 bits per heavy atom. The molecule has 0 heterocycles. The zero-order chi connectivity index (χ0) is 13.0. The minimum atomic E-state index is -0.101. The summed E-state index contributed by atoms with van der Waals surface area (Å²) >= 11 is 13.1. The van der Waals surface area contributed by atoms with E-state index in [1.807, 2.05) is 13.8 Å². The van der Waals surface area contributed by atoms with Crippen LogP contribution in [0.15, 0.2) is 17.0 Å². The molecule has 0 aliphatic heterocycles. The first-order valence-corrected chi connectivity index (χ1v) is 6.99. The quantitative estimate of drug-likeness (QED) is 0.817. The van der Waals surface area contributed by atoms with Gasteiger partial charge in [-0.15, -0.1) is 11.8 Å². The fraction of sp³-hybridized carbons (Fsp3) is 0.417. The molecule has 0 fully saturated rings. The smallest absolute Gasteiger partial charge is 0.152 e. The molecule has 0 radical (unpaired) electrons. The summed E-state index contributed by atoms with van der Waals surface area (Å²) in [7, 11) is 0. The monoisotopic (exact) mass is 292 g/mol. The maximum Gasteiger partial charge on any atom is 0.152 e. The van der Waals surface area contributed by atoms with Gasteiger partial charge in [0.25, 0.3) is 0 Å². The molecular weight excluding hydrogens is 279 g/mol. The lowest BCUT2D eigenvalue weighted by Crippen LogP contribution is -2.07. The SMILES string of the molecule is CC(C)C(=O)CCSc1cc(Cl)c(O)c(Cl)c1. The Labute approximate surface area is 115 Å². The van der Waals surface area contributed by atoms with Crippen LogP contribution in [0, 0.1) is 5.92 Å². The van der Waals surface area contributed by atoms with Gasteiger partial charge in [0.15, 0.2) is 5.75 Å². The third-order valence-corrected chi connectivity index (χ3v) is 3.81. The lowest BCUT2D eigenvalue weighted by molar-refractivity contribution is -0.121. The van der Waals surface area contributed by atoms with Crippen LogP contribution in [-0.2, 0) is 4.79 Å². The molecule has 0 unspecified atom stereocenters. The van der Waals surface area contributed by atoms with Crippen LogP contribution in [0.5, 0.6) is 5.75 Å². The highest BCUT2D eigenvalue weighted by molar-refractivity contribution is 7.99. The summed E-state index contributed by atoms with van der Waals surface area (Å²) in [6.45, 7) is 3.78. The zero-order valence-corrected chi connectivity index (χ0v) is 12.0. The van der Waals surface area contributed by atoms with Crippen molar-refractivity contribution >= 4 is 40.7 Å². The van der Waals surface area contributed by atoms with Crippen LogP contribution in [-0.4, -0.2) is 16.6 Å². The number of aromatic hydroxyl groups is 1. The molecule has 94 valence electrons. The number of benzene rings is 1. The van der Waals surface area contributed by atoms with Gasteiger partial charge in [-0.3, -0.25) is 4.79 Å². The van der Waals surface area contributed by atoms with Crippen molar-refractivity contribution in [3.05, 3.63) is 22.2 Å². The lowest BCUT2D eigenvalue weighted by Gasteiger charge is -2.06. The van der Waals surface area contributed by atoms with Crippen LogP contribution in [0.2, 0.25) is 10.0 Å². The molecule has 17 heavy (non-hydrogen) atoms. The summed E-state index contributed by atoms with van der Waals surface area (Å²) in [4.78, 5) is 12.3. The number of hydrogen-bond donors (Lipinski definition) is 1. The van der Waals surface area contributed by atoms with Gasteiger partial charge in [-0.05, 0) is 12.1 Å². The number of thioether (sulfide) groups is 1. The van der Waals surface area contributed by atoms with Gasteiger partial charge in [0.05, 0.1) is 10.0 Å². The molecule has 0 aliphatic carbocycles. The Morgan fingerprint density at radius 3 is 2.35 bits per heavy atom. The van der Waals surface area contributed by atoms with E-state index in [4.69, 9.17) is 23.2 Å². The maximum absolute atomic E-state index is 11.4. The molecular formula is C12H14Cl2O2S. The van der Waals surface area contributed by atoms with E-state index < -0.39 is 0 Å². The van der Waals surface area contributed by atoms with Gasteiger partial charge in [0.2, 0.25) is 0 Å². The molecule has 0 spiro atoms. The molecule has 0 amide bonds. The molecule has 2 nitrogen and oxygen atoms in total. The van der Waals surface area contributed by atoms with Crippen molar-refractivity contribution in [1.29, 1.82) is 0 Å². The molecule has 5 heteroatoms. The van der Waals surface area contributed by atoms with Gasteiger partial charge in [-0.2, -0.15) is 0 Å². The molecule has 1 N–H and O–H groups in total. The lowest BCUT2D eigenvalue weighted by atomic mass is 10.1. The molecule has 1 rings (SSSR count). The first-order valence-electron chi connectivity index (χ1n) is 5.25. The number of Topliss-reactive ketones (excluding diaryl/α,β-unsaturated/α-hetero) is 1. The van der Waals surface area contributed by atoms with Crippen molar-refractivity contribution in [2.45, 2.75) is 25.2 Å². The predicted octanol–water partition coefficient (Wildman–Crippen LogP) is 4.41. The first-order chi connectivity index (χ1) is 7.91. The van der Waals surface area contributed by atoms with Crippen LogP contribution in [0.1, 0.15) is 20.3 Å². The van der Waals surface area contributed by atoms with E-state index in [-0.39, 0.29) is 27.5 Å². The second-order valence-corrected chi connectivity index (χ2v) is 5.94. The predicted molar refractivity (Wildman–Crippen MR) is 73.3 cm³/mol. The molecule has 0 saturated carbocycles. The Bertz CT molecular complexity index is 396. The van der Waals surface area contributed by atoms with E-state index in [9.17, 15) is 9.90 Å². The van der Waals surface area contributed by atoms with Crippen LogP contribution in [0.3, 0.4) is 0 Å². The van der Waals surface area contributed by atoms with E-state index in [2.05, 4.69) is 0 Å². The van der Waals surface area contributed by atoms with Gasteiger partial charge < -0.3 is 5.11 Å². The molecule has 1 aromatic rings. The van der Waals surface area contributed by atoms with Crippen LogP contribution in [0.25, 0.3) is 0 Å². The molecule has 0 bridgehead atoms. The van der Waals surface area contributed by atoms with Gasteiger partial charge in [0, 0.05) is 23.0 Å². The highest BCUT2D eigenvalue weighted by Gasteiger charge is 2.09. The van der Waals surface area contributed by atoms with E-state index in [0.29, 0.717) is 12.2 Å². The number of hydrogen-bond acceptors (Lipinski definition) is 3. The van der Waals surface area contributed by atoms with Gasteiger partial charge >= 0.3 is 0 Å². The summed E-state index contributed by atoms with van der Waals surface area (Å²) in [6, 6.07) is 3.29. The number of carbonyl (C=O) groups is 1. The van der Waals surface area contributed by atoms with Crippen molar-refractivity contribution in [2.75, 3.05) is 5.75 Å². The summed E-state index contributed by atoms with van der Waals surface area (Å²) in [5.41, 5.74) is 0. The normalized spacial score (nSPS) is 10.9. The summed E-state index contributed by atoms with van der Waals surface area (Å²) in [5.74, 6) is 0.904. The van der Waals surface area contributed by atoms with Crippen molar-refractivity contribution in [1.82, 2.24) is 0 Å².